The van der Waals surface area contributed by atoms with Gasteiger partial charge in [0.05, 0.1) is 24.1 Å². The van der Waals surface area contributed by atoms with Crippen LogP contribution in [0.2, 0.25) is 0 Å². The van der Waals surface area contributed by atoms with E-state index in [9.17, 15) is 14.4 Å². The lowest BCUT2D eigenvalue weighted by molar-refractivity contribution is -0.135. The number of hydrogen-bond acceptors (Lipinski definition) is 5. The highest BCUT2D eigenvalue weighted by Crippen LogP contribution is 2.19. The number of aliphatic hydroxyl groups is 1. The molecule has 2 heterocycles. The van der Waals surface area contributed by atoms with Gasteiger partial charge in [0.15, 0.2) is 0 Å². The van der Waals surface area contributed by atoms with Crippen LogP contribution in [0.3, 0.4) is 0 Å². The molecule has 1 aromatic heterocycles. The standard InChI is InChI=1S/C19H24N4O4/c1-12(11-24)20-18(26)13-6-8-23(9-7-13)17(25)10-16-14-4-2-3-5-15(14)19(27)22-21-16/h2-5,12-13,24H,6-11H2,1H3,(H,20,26)(H,22,27). The number of hydrogen-bond donors (Lipinski definition) is 3. The number of carbonyl (C=O) groups excluding carboxylic acids is 2. The molecule has 3 rings (SSSR count). The minimum atomic E-state index is -0.272. The van der Waals surface area contributed by atoms with Crippen molar-refractivity contribution in [2.45, 2.75) is 32.2 Å². The molecular weight excluding hydrogens is 348 g/mol. The van der Waals surface area contributed by atoms with Crippen LogP contribution in [0.25, 0.3) is 10.8 Å². The van der Waals surface area contributed by atoms with Crippen LogP contribution in [0.5, 0.6) is 0 Å². The van der Waals surface area contributed by atoms with Gasteiger partial charge in [0.25, 0.3) is 5.56 Å². The van der Waals surface area contributed by atoms with Crippen LogP contribution in [0.1, 0.15) is 25.5 Å². The van der Waals surface area contributed by atoms with Gasteiger partial charge in [0.1, 0.15) is 0 Å². The average Bonchev–Trinajstić information content (AvgIpc) is 2.70. The van der Waals surface area contributed by atoms with E-state index in [4.69, 9.17) is 5.11 Å². The van der Waals surface area contributed by atoms with Gasteiger partial charge >= 0.3 is 0 Å². The first-order valence-electron chi connectivity index (χ1n) is 9.15. The van der Waals surface area contributed by atoms with E-state index in [-0.39, 0.29) is 42.4 Å². The van der Waals surface area contributed by atoms with Crippen LogP contribution >= 0.6 is 0 Å². The van der Waals surface area contributed by atoms with E-state index < -0.39 is 0 Å². The molecule has 8 nitrogen and oxygen atoms in total. The summed E-state index contributed by atoms with van der Waals surface area (Å²) in [4.78, 5) is 38.4. The number of amides is 2. The van der Waals surface area contributed by atoms with Crippen LogP contribution in [-0.2, 0) is 16.0 Å². The molecule has 0 spiro atoms. The lowest BCUT2D eigenvalue weighted by Crippen LogP contribution is -2.45. The summed E-state index contributed by atoms with van der Waals surface area (Å²) in [6.07, 6.45) is 1.29. The lowest BCUT2D eigenvalue weighted by Gasteiger charge is -2.31. The van der Waals surface area contributed by atoms with Crippen LogP contribution in [-0.4, -0.2) is 57.8 Å². The van der Waals surface area contributed by atoms with Crippen molar-refractivity contribution in [2.75, 3.05) is 19.7 Å². The molecule has 1 aromatic carbocycles. The SMILES string of the molecule is CC(CO)NC(=O)C1CCN(C(=O)Cc2n[nH]c(=O)c3ccccc23)CC1. The number of piperidine rings is 1. The molecule has 3 N–H and O–H groups in total. The van der Waals surface area contributed by atoms with Crippen LogP contribution < -0.4 is 10.9 Å². The first-order valence-corrected chi connectivity index (χ1v) is 9.15. The maximum atomic E-state index is 12.7. The van der Waals surface area contributed by atoms with E-state index in [1.165, 1.54) is 0 Å². The summed E-state index contributed by atoms with van der Waals surface area (Å²) in [5.41, 5.74) is 0.276. The van der Waals surface area contributed by atoms with E-state index in [0.717, 1.165) is 0 Å². The van der Waals surface area contributed by atoms with Crippen molar-refractivity contribution in [3.8, 4) is 0 Å². The largest absolute Gasteiger partial charge is 0.394 e. The van der Waals surface area contributed by atoms with E-state index in [1.807, 2.05) is 6.07 Å². The number of rotatable bonds is 5. The highest BCUT2D eigenvalue weighted by Gasteiger charge is 2.28. The Morgan fingerprint density at radius 2 is 1.96 bits per heavy atom. The quantitative estimate of drug-likeness (QED) is 0.694. The molecule has 0 bridgehead atoms. The van der Waals surface area contributed by atoms with E-state index >= 15 is 0 Å². The molecule has 1 aliphatic rings. The Morgan fingerprint density at radius 1 is 1.30 bits per heavy atom. The molecule has 0 aliphatic carbocycles. The molecule has 1 unspecified atom stereocenters. The average molecular weight is 372 g/mol. The van der Waals surface area contributed by atoms with Gasteiger partial charge in [-0.2, -0.15) is 5.10 Å². The van der Waals surface area contributed by atoms with Crippen LogP contribution in [0.15, 0.2) is 29.1 Å². The number of benzene rings is 1. The number of fused-ring (bicyclic) bond motifs is 1. The predicted octanol–water partition coefficient (Wildman–Crippen LogP) is 0.201. The topological polar surface area (TPSA) is 115 Å². The molecule has 2 aromatic rings. The number of nitrogens with one attached hydrogen (secondary N) is 2. The lowest BCUT2D eigenvalue weighted by atomic mass is 9.95. The second-order valence-electron chi connectivity index (χ2n) is 6.97. The molecule has 1 saturated heterocycles. The molecular formula is C19H24N4O4. The maximum Gasteiger partial charge on any atom is 0.272 e. The van der Waals surface area contributed by atoms with Gasteiger partial charge in [-0.25, -0.2) is 5.10 Å². The fourth-order valence-corrected chi connectivity index (χ4v) is 3.36. The predicted molar refractivity (Wildman–Crippen MR) is 100 cm³/mol. The van der Waals surface area contributed by atoms with Crippen molar-refractivity contribution in [1.29, 1.82) is 0 Å². The summed E-state index contributed by atoms with van der Waals surface area (Å²) in [6, 6.07) is 6.82. The summed E-state index contributed by atoms with van der Waals surface area (Å²) in [5.74, 6) is -0.283. The zero-order valence-corrected chi connectivity index (χ0v) is 15.3. The second-order valence-corrected chi connectivity index (χ2v) is 6.97. The number of H-pyrrole nitrogens is 1. The third-order valence-electron chi connectivity index (χ3n) is 4.97. The van der Waals surface area contributed by atoms with Gasteiger partial charge in [-0.3, -0.25) is 14.4 Å². The Morgan fingerprint density at radius 3 is 2.63 bits per heavy atom. The molecule has 1 aliphatic heterocycles. The minimum Gasteiger partial charge on any atom is -0.394 e. The van der Waals surface area contributed by atoms with E-state index in [0.29, 0.717) is 42.4 Å². The van der Waals surface area contributed by atoms with Crippen molar-refractivity contribution >= 4 is 22.6 Å². The van der Waals surface area contributed by atoms with Crippen molar-refractivity contribution < 1.29 is 14.7 Å². The zero-order valence-electron chi connectivity index (χ0n) is 15.3. The fraction of sp³-hybridized carbons (Fsp3) is 0.474. The van der Waals surface area contributed by atoms with Gasteiger partial charge in [-0.1, -0.05) is 18.2 Å². The Bertz CT molecular complexity index is 887. The van der Waals surface area contributed by atoms with Crippen molar-refractivity contribution in [3.05, 3.63) is 40.3 Å². The van der Waals surface area contributed by atoms with Crippen molar-refractivity contribution in [2.24, 2.45) is 5.92 Å². The summed E-state index contributed by atoms with van der Waals surface area (Å²) < 4.78 is 0. The first-order chi connectivity index (χ1) is 13.0. The van der Waals surface area contributed by atoms with Crippen molar-refractivity contribution in [1.82, 2.24) is 20.4 Å². The fourth-order valence-electron chi connectivity index (χ4n) is 3.36. The highest BCUT2D eigenvalue weighted by atomic mass is 16.3. The summed E-state index contributed by atoms with van der Waals surface area (Å²) in [5, 5.41) is 19.5. The molecule has 2 amide bonds. The number of likely N-dealkylation sites (tertiary alicyclic amines) is 1. The highest BCUT2D eigenvalue weighted by molar-refractivity contribution is 5.88. The first kappa shape index (κ1) is 19.0. The monoisotopic (exact) mass is 372 g/mol. The third kappa shape index (κ3) is 4.33. The normalized spacial score (nSPS) is 16.3. The molecule has 0 saturated carbocycles. The number of aliphatic hydroxyl groups excluding tert-OH is 1. The molecule has 1 atom stereocenters. The Balaban J connectivity index is 1.62. The Hall–Kier alpha value is -2.74. The number of nitrogens with zero attached hydrogens (tertiary/aromatic N) is 2. The zero-order chi connectivity index (χ0) is 19.4. The van der Waals surface area contributed by atoms with Gasteiger partial charge in [0, 0.05) is 30.4 Å². The van der Waals surface area contributed by atoms with E-state index in [1.54, 1.807) is 30.0 Å². The molecule has 27 heavy (non-hydrogen) atoms. The molecule has 8 heteroatoms. The van der Waals surface area contributed by atoms with Crippen LogP contribution in [0.4, 0.5) is 0 Å². The number of aromatic amines is 1. The van der Waals surface area contributed by atoms with Crippen molar-refractivity contribution in [3.63, 3.8) is 0 Å². The number of aromatic nitrogens is 2. The molecule has 144 valence electrons. The summed E-state index contributed by atoms with van der Waals surface area (Å²) in [7, 11) is 0. The Kier molecular flexibility index (Phi) is 5.85. The summed E-state index contributed by atoms with van der Waals surface area (Å²) in [6.45, 7) is 2.67. The molecule has 1 fully saturated rings. The van der Waals surface area contributed by atoms with Gasteiger partial charge in [-0.05, 0) is 25.8 Å². The van der Waals surface area contributed by atoms with E-state index in [2.05, 4.69) is 15.5 Å². The maximum absolute atomic E-state index is 12.7. The second kappa shape index (κ2) is 8.30. The molecule has 0 radical (unpaired) electrons. The van der Waals surface area contributed by atoms with Gasteiger partial charge in [-0.15, -0.1) is 0 Å². The van der Waals surface area contributed by atoms with Gasteiger partial charge < -0.3 is 15.3 Å². The number of carbonyl (C=O) groups is 2. The minimum absolute atomic E-state index is 0.0673. The Labute approximate surface area is 156 Å². The smallest absolute Gasteiger partial charge is 0.272 e. The third-order valence-corrected chi connectivity index (χ3v) is 4.97. The van der Waals surface area contributed by atoms with Crippen LogP contribution in [0, 0.1) is 5.92 Å². The summed E-state index contributed by atoms with van der Waals surface area (Å²) >= 11 is 0. The van der Waals surface area contributed by atoms with Gasteiger partial charge in [0.2, 0.25) is 11.8 Å².